The lowest BCUT2D eigenvalue weighted by Gasteiger charge is -2.25. The van der Waals surface area contributed by atoms with Gasteiger partial charge in [0.15, 0.2) is 0 Å². The highest BCUT2D eigenvalue weighted by atomic mass is 16.5. The summed E-state index contributed by atoms with van der Waals surface area (Å²) in [6.45, 7) is 11.2. The number of fused-ring (bicyclic) bond motifs is 1. The second kappa shape index (κ2) is 12.6. The van der Waals surface area contributed by atoms with Gasteiger partial charge in [-0.2, -0.15) is 4.80 Å². The van der Waals surface area contributed by atoms with Crippen LogP contribution in [0, 0.1) is 25.7 Å². The summed E-state index contributed by atoms with van der Waals surface area (Å²) in [4.78, 5) is 34.3. The Labute approximate surface area is 246 Å². The molecule has 3 saturated heterocycles. The summed E-state index contributed by atoms with van der Waals surface area (Å²) in [5.74, 6) is 1.52. The molecule has 1 aromatic heterocycles. The lowest BCUT2D eigenvalue weighted by Crippen LogP contribution is -2.37. The molecule has 42 heavy (non-hydrogen) atoms. The number of likely N-dealkylation sites (tertiary alicyclic amines) is 2. The van der Waals surface area contributed by atoms with Crippen molar-refractivity contribution in [2.24, 2.45) is 11.8 Å². The summed E-state index contributed by atoms with van der Waals surface area (Å²) < 4.78 is 5.39. The molecule has 0 bridgehead atoms. The third-order valence-corrected chi connectivity index (χ3v) is 8.84. The molecular formula is C31H40N8O3. The third-order valence-electron chi connectivity index (χ3n) is 8.84. The molecule has 11 nitrogen and oxygen atoms in total. The molecule has 6 rings (SSSR count). The van der Waals surface area contributed by atoms with E-state index in [1.54, 1.807) is 0 Å². The number of aryl methyl sites for hydroxylation is 2. The number of aromatic nitrogens is 4. The highest BCUT2D eigenvalue weighted by molar-refractivity contribution is 5.97. The number of benzene rings is 2. The van der Waals surface area contributed by atoms with E-state index in [0.717, 1.165) is 61.4 Å². The number of nitrogens with one attached hydrogen (secondary N) is 1. The van der Waals surface area contributed by atoms with E-state index in [2.05, 4.69) is 42.7 Å². The minimum Gasteiger partial charge on any atom is -0.378 e. The first-order valence-electron chi connectivity index (χ1n) is 15.0. The van der Waals surface area contributed by atoms with Crippen LogP contribution in [0.15, 0.2) is 48.5 Å². The first kappa shape index (κ1) is 28.3. The van der Waals surface area contributed by atoms with Gasteiger partial charge in [-0.3, -0.25) is 9.59 Å². The van der Waals surface area contributed by atoms with Gasteiger partial charge in [0.25, 0.3) is 11.9 Å². The van der Waals surface area contributed by atoms with E-state index in [4.69, 9.17) is 4.74 Å². The summed E-state index contributed by atoms with van der Waals surface area (Å²) in [6, 6.07) is 16.0. The molecule has 0 saturated carbocycles. The van der Waals surface area contributed by atoms with Crippen LogP contribution in [0.3, 0.4) is 0 Å². The van der Waals surface area contributed by atoms with Crippen LogP contribution in [0.1, 0.15) is 39.5 Å². The molecule has 2 unspecified atom stereocenters. The van der Waals surface area contributed by atoms with Crippen LogP contribution >= 0.6 is 0 Å². The summed E-state index contributed by atoms with van der Waals surface area (Å²) in [7, 11) is 0. The summed E-state index contributed by atoms with van der Waals surface area (Å²) in [5.41, 5.74) is 4.03. The zero-order valence-electron chi connectivity index (χ0n) is 24.5. The quantitative estimate of drug-likeness (QED) is 0.415. The van der Waals surface area contributed by atoms with E-state index in [1.807, 2.05) is 55.1 Å². The largest absolute Gasteiger partial charge is 0.378 e. The van der Waals surface area contributed by atoms with Gasteiger partial charge in [-0.05, 0) is 54.0 Å². The highest BCUT2D eigenvalue weighted by Crippen LogP contribution is 2.33. The van der Waals surface area contributed by atoms with E-state index < -0.39 is 0 Å². The van der Waals surface area contributed by atoms with Crippen molar-refractivity contribution < 1.29 is 14.3 Å². The molecule has 3 aromatic rings. The van der Waals surface area contributed by atoms with Crippen LogP contribution < -0.4 is 10.2 Å². The number of ether oxygens (including phenoxy) is 1. The molecule has 1 N–H and O–H groups in total. The lowest BCUT2D eigenvalue weighted by atomic mass is 10.0. The van der Waals surface area contributed by atoms with E-state index in [9.17, 15) is 9.59 Å². The van der Waals surface area contributed by atoms with E-state index in [-0.39, 0.29) is 24.4 Å². The number of hydrogen-bond acceptors (Lipinski definition) is 8. The summed E-state index contributed by atoms with van der Waals surface area (Å²) in [6.07, 6.45) is 0.796. The number of anilines is 1. The van der Waals surface area contributed by atoms with Crippen molar-refractivity contribution in [1.82, 2.24) is 35.3 Å². The summed E-state index contributed by atoms with van der Waals surface area (Å²) >= 11 is 0. The molecule has 3 aliphatic rings. The Balaban J connectivity index is 1.03. The fourth-order valence-electron chi connectivity index (χ4n) is 6.63. The third kappa shape index (κ3) is 6.32. The van der Waals surface area contributed by atoms with Crippen LogP contribution in [-0.2, 0) is 16.1 Å². The number of tetrazole rings is 1. The van der Waals surface area contributed by atoms with Gasteiger partial charge in [0.2, 0.25) is 5.91 Å². The van der Waals surface area contributed by atoms with Gasteiger partial charge in [0.05, 0.1) is 19.3 Å². The first-order valence-corrected chi connectivity index (χ1v) is 15.0. The maximum Gasteiger partial charge on any atom is 0.266 e. The van der Waals surface area contributed by atoms with Crippen molar-refractivity contribution in [3.63, 3.8) is 0 Å². The Morgan fingerprint density at radius 2 is 1.64 bits per heavy atom. The predicted octanol–water partition coefficient (Wildman–Crippen LogP) is 2.08. The van der Waals surface area contributed by atoms with Crippen LogP contribution in [0.25, 0.3) is 0 Å². The van der Waals surface area contributed by atoms with Crippen molar-refractivity contribution in [2.75, 3.05) is 63.9 Å². The smallest absolute Gasteiger partial charge is 0.266 e. The number of nitrogens with zero attached hydrogens (tertiary/aromatic N) is 7. The average Bonchev–Trinajstić information content (AvgIpc) is 3.72. The molecule has 0 spiro atoms. The van der Waals surface area contributed by atoms with Gasteiger partial charge in [-0.25, -0.2) is 0 Å². The number of morpholine rings is 1. The maximum atomic E-state index is 13.3. The van der Waals surface area contributed by atoms with E-state index in [1.165, 1.54) is 4.80 Å². The number of rotatable bonds is 9. The zero-order chi connectivity index (χ0) is 29.1. The first-order chi connectivity index (χ1) is 20.4. The maximum absolute atomic E-state index is 13.3. The molecule has 222 valence electrons. The zero-order valence-corrected chi connectivity index (χ0v) is 24.5. The Kier molecular flexibility index (Phi) is 8.48. The van der Waals surface area contributed by atoms with Gasteiger partial charge in [0, 0.05) is 51.4 Å². The number of amides is 2. The van der Waals surface area contributed by atoms with Gasteiger partial charge in [-0.1, -0.05) is 53.6 Å². The van der Waals surface area contributed by atoms with Gasteiger partial charge < -0.3 is 24.8 Å². The van der Waals surface area contributed by atoms with Crippen molar-refractivity contribution in [1.29, 1.82) is 0 Å². The minimum atomic E-state index is -0.145. The number of carbonyl (C=O) groups is 2. The minimum absolute atomic E-state index is 0.0127. The standard InChI is InChI=1S/C31H40N8O3/c1-22-7-6-8-23(2)29(22)30(41)38-19-25-17-36(18-26(25)20-38)12-11-27(24-9-4-3-5-10-24)32-28(40)21-39-34-31(33-35-39)37-13-15-42-16-14-37/h3-10,25-27H,11-21H2,1-2H3,(H,32,40)/t25?,26?,27-/m0/s1. The van der Waals surface area contributed by atoms with Crippen LogP contribution in [0.4, 0.5) is 5.95 Å². The van der Waals surface area contributed by atoms with Crippen LogP contribution in [0.2, 0.25) is 0 Å². The molecule has 0 radical (unpaired) electrons. The molecule has 2 aromatic carbocycles. The molecule has 11 heteroatoms. The number of carbonyl (C=O) groups excluding carboxylic acids is 2. The average molecular weight is 573 g/mol. The Hall–Kier alpha value is -3.83. The molecule has 3 fully saturated rings. The Morgan fingerprint density at radius 3 is 2.33 bits per heavy atom. The fourth-order valence-corrected chi connectivity index (χ4v) is 6.63. The molecule has 3 atom stereocenters. The second-order valence-electron chi connectivity index (χ2n) is 11.8. The van der Waals surface area contributed by atoms with Gasteiger partial charge in [-0.15, -0.1) is 5.10 Å². The highest BCUT2D eigenvalue weighted by Gasteiger charge is 2.42. The molecule has 4 heterocycles. The SMILES string of the molecule is Cc1cccc(C)c1C(=O)N1CC2CN(CC[C@H](NC(=O)Cn3nnc(N4CCOCC4)n3)c3ccccc3)CC2C1. The van der Waals surface area contributed by atoms with E-state index >= 15 is 0 Å². The monoisotopic (exact) mass is 572 g/mol. The molecule has 3 aliphatic heterocycles. The topological polar surface area (TPSA) is 109 Å². The second-order valence-corrected chi connectivity index (χ2v) is 11.8. The predicted molar refractivity (Wildman–Crippen MR) is 158 cm³/mol. The van der Waals surface area contributed by atoms with Crippen LogP contribution in [0.5, 0.6) is 0 Å². The van der Waals surface area contributed by atoms with Crippen molar-refractivity contribution >= 4 is 17.8 Å². The lowest BCUT2D eigenvalue weighted by molar-refractivity contribution is -0.122. The fraction of sp³-hybridized carbons (Fsp3) is 0.516. The molecule has 2 amide bonds. The Bertz CT molecular complexity index is 1360. The van der Waals surface area contributed by atoms with Crippen molar-refractivity contribution in [2.45, 2.75) is 32.9 Å². The molecular weight excluding hydrogens is 532 g/mol. The van der Waals surface area contributed by atoms with E-state index in [0.29, 0.717) is 44.1 Å². The van der Waals surface area contributed by atoms with Gasteiger partial charge >= 0.3 is 0 Å². The summed E-state index contributed by atoms with van der Waals surface area (Å²) in [5, 5.41) is 15.9. The van der Waals surface area contributed by atoms with Crippen molar-refractivity contribution in [3.8, 4) is 0 Å². The molecule has 0 aliphatic carbocycles. The number of hydrogen-bond donors (Lipinski definition) is 1. The Morgan fingerprint density at radius 1 is 0.952 bits per heavy atom. The van der Waals surface area contributed by atoms with Crippen molar-refractivity contribution in [3.05, 3.63) is 70.8 Å². The van der Waals surface area contributed by atoms with Crippen LogP contribution in [-0.4, -0.2) is 101 Å². The normalized spacial score (nSPS) is 21.4. The van der Waals surface area contributed by atoms with Gasteiger partial charge in [0.1, 0.15) is 6.54 Å².